The van der Waals surface area contributed by atoms with Gasteiger partial charge in [-0.25, -0.2) is 4.79 Å². The van der Waals surface area contributed by atoms with E-state index >= 15 is 0 Å². The molecule has 0 amide bonds. The summed E-state index contributed by atoms with van der Waals surface area (Å²) >= 11 is 1.78. The number of carbonyl (C=O) groups excluding carboxylic acids is 2. The number of hydrogen-bond donors (Lipinski definition) is 2. The zero-order valence-corrected chi connectivity index (χ0v) is 24.6. The molecular weight excluding hydrogens is 470 g/mol. The highest BCUT2D eigenvalue weighted by Crippen LogP contribution is 2.22. The lowest BCUT2D eigenvalue weighted by Crippen LogP contribution is -2.36. The van der Waals surface area contributed by atoms with Crippen LogP contribution in [-0.2, 0) is 14.3 Å². The highest BCUT2D eigenvalue weighted by atomic mass is 32.2. The van der Waals surface area contributed by atoms with Gasteiger partial charge in [0.1, 0.15) is 6.04 Å². The van der Waals surface area contributed by atoms with E-state index in [1.165, 1.54) is 89.9 Å². The average molecular weight is 528 g/mol. The molecule has 1 heterocycles. The predicted octanol–water partition coefficient (Wildman–Crippen LogP) is 7.44. The van der Waals surface area contributed by atoms with Gasteiger partial charge in [0.25, 0.3) is 0 Å². The summed E-state index contributed by atoms with van der Waals surface area (Å²) < 4.78 is 5.23. The number of thioether (sulfide) groups is 1. The van der Waals surface area contributed by atoms with Crippen LogP contribution in [0.1, 0.15) is 136 Å². The predicted molar refractivity (Wildman–Crippen MR) is 153 cm³/mol. The molecule has 3 atom stereocenters. The van der Waals surface area contributed by atoms with E-state index in [4.69, 9.17) is 4.74 Å². The molecular formula is C30H57NO4S. The molecule has 1 fully saturated rings. The third-order valence-corrected chi connectivity index (χ3v) is 8.64. The van der Waals surface area contributed by atoms with Crippen LogP contribution in [0.25, 0.3) is 0 Å². The molecule has 2 unspecified atom stereocenters. The fourth-order valence-corrected chi connectivity index (χ4v) is 5.90. The van der Waals surface area contributed by atoms with Gasteiger partial charge in [0, 0.05) is 5.75 Å². The van der Waals surface area contributed by atoms with Crippen LogP contribution in [-0.4, -0.2) is 47.2 Å². The quantitative estimate of drug-likeness (QED) is 0.0817. The van der Waals surface area contributed by atoms with Crippen LogP contribution in [0.15, 0.2) is 0 Å². The fourth-order valence-electron chi connectivity index (χ4n) is 4.74. The van der Waals surface area contributed by atoms with E-state index in [0.717, 1.165) is 25.1 Å². The normalized spacial score (nSPS) is 17.4. The van der Waals surface area contributed by atoms with Gasteiger partial charge in [-0.3, -0.25) is 4.79 Å². The number of unbranched alkanes of at least 4 members (excludes halogenated alkanes) is 13. The molecule has 0 aromatic rings. The summed E-state index contributed by atoms with van der Waals surface area (Å²) in [6.45, 7) is 7.04. The molecule has 1 aliphatic rings. The van der Waals surface area contributed by atoms with Gasteiger partial charge in [-0.05, 0) is 50.3 Å². The molecule has 0 bridgehead atoms. The number of esters is 2. The van der Waals surface area contributed by atoms with Gasteiger partial charge >= 0.3 is 11.9 Å². The summed E-state index contributed by atoms with van der Waals surface area (Å²) in [7, 11) is 0. The van der Waals surface area contributed by atoms with E-state index in [9.17, 15) is 14.7 Å². The number of hydrogen-bond acceptors (Lipinski definition) is 6. The van der Waals surface area contributed by atoms with Gasteiger partial charge in [0.15, 0.2) is 0 Å². The van der Waals surface area contributed by atoms with Crippen molar-refractivity contribution < 1.29 is 19.4 Å². The first-order valence-corrected chi connectivity index (χ1v) is 16.4. The molecule has 1 saturated heterocycles. The van der Waals surface area contributed by atoms with Gasteiger partial charge in [0.2, 0.25) is 0 Å². The summed E-state index contributed by atoms with van der Waals surface area (Å²) in [5.41, 5.74) is 0. The average Bonchev–Trinajstić information content (AvgIpc) is 3.40. The summed E-state index contributed by atoms with van der Waals surface area (Å²) in [5, 5.41) is 13.3. The monoisotopic (exact) mass is 527 g/mol. The van der Waals surface area contributed by atoms with Crippen LogP contribution in [0.5, 0.6) is 0 Å². The lowest BCUT2D eigenvalue weighted by Gasteiger charge is -2.19. The maximum absolute atomic E-state index is 12.7. The van der Waals surface area contributed by atoms with E-state index in [0.29, 0.717) is 18.6 Å². The summed E-state index contributed by atoms with van der Waals surface area (Å²) in [6, 6.07) is -0.348. The first-order chi connectivity index (χ1) is 17.5. The number of carbonyl (C=O) groups is 2. The molecule has 0 spiro atoms. The Morgan fingerprint density at radius 2 is 1.44 bits per heavy atom. The van der Waals surface area contributed by atoms with Crippen LogP contribution >= 0.6 is 11.8 Å². The zero-order chi connectivity index (χ0) is 26.4. The van der Waals surface area contributed by atoms with E-state index in [2.05, 4.69) is 12.2 Å². The number of rotatable bonds is 23. The molecule has 1 rings (SSSR count). The Morgan fingerprint density at radius 3 is 1.94 bits per heavy atom. The highest BCUT2D eigenvalue weighted by Gasteiger charge is 2.29. The molecule has 0 aliphatic carbocycles. The van der Waals surface area contributed by atoms with Gasteiger partial charge in [-0.15, -0.1) is 0 Å². The minimum Gasteiger partial charge on any atom is -0.393 e. The molecule has 6 heteroatoms. The second-order valence-electron chi connectivity index (χ2n) is 11.1. The first-order valence-electron chi connectivity index (χ1n) is 15.2. The van der Waals surface area contributed by atoms with Crippen LogP contribution in [0.3, 0.4) is 0 Å². The Bertz CT molecular complexity index is 551. The molecule has 0 aromatic heterocycles. The van der Waals surface area contributed by atoms with Crippen LogP contribution in [0.4, 0.5) is 0 Å². The van der Waals surface area contributed by atoms with Crippen molar-refractivity contribution in [2.75, 3.05) is 18.1 Å². The van der Waals surface area contributed by atoms with Crippen molar-refractivity contribution in [2.24, 2.45) is 11.8 Å². The second-order valence-corrected chi connectivity index (χ2v) is 12.3. The molecule has 0 saturated carbocycles. The maximum Gasteiger partial charge on any atom is 0.330 e. The van der Waals surface area contributed by atoms with Gasteiger partial charge in [-0.1, -0.05) is 104 Å². The van der Waals surface area contributed by atoms with Gasteiger partial charge in [0.05, 0.1) is 12.0 Å². The largest absolute Gasteiger partial charge is 0.393 e. The van der Waals surface area contributed by atoms with Crippen LogP contribution in [0.2, 0.25) is 0 Å². The van der Waals surface area contributed by atoms with Gasteiger partial charge < -0.3 is 15.2 Å². The zero-order valence-electron chi connectivity index (χ0n) is 23.7. The fraction of sp³-hybridized carbons (Fsp3) is 0.933. The standard InChI is InChI=1S/C30H57NO4S/c1-4-5-6-7-8-9-10-11-12-13-14-15-16-17-23-36-24-26(20-21-28(32)25(2)3)29(33)35-30(34)27-19-18-22-31-27/h25-28,31-32H,4-24H2,1-3H3/t26?,27-,28?/m0/s1. The molecule has 0 radical (unpaired) electrons. The van der Waals surface area contributed by atoms with Crippen molar-refractivity contribution in [1.82, 2.24) is 5.32 Å². The second kappa shape index (κ2) is 22.4. The molecule has 0 aromatic carbocycles. The lowest BCUT2D eigenvalue weighted by molar-refractivity contribution is -0.163. The number of nitrogens with one attached hydrogen (secondary N) is 1. The third kappa shape index (κ3) is 17.0. The molecule has 2 N–H and O–H groups in total. The molecule has 1 aliphatic heterocycles. The summed E-state index contributed by atoms with van der Waals surface area (Å²) in [4.78, 5) is 25.0. The lowest BCUT2D eigenvalue weighted by atomic mass is 9.97. The summed E-state index contributed by atoms with van der Waals surface area (Å²) in [6.07, 6.45) is 21.4. The molecule has 212 valence electrons. The topological polar surface area (TPSA) is 75.6 Å². The Hall–Kier alpha value is -0.590. The van der Waals surface area contributed by atoms with E-state index < -0.39 is 18.0 Å². The van der Waals surface area contributed by atoms with Crippen molar-refractivity contribution in [3.8, 4) is 0 Å². The Labute approximate surface area is 226 Å². The van der Waals surface area contributed by atoms with Crippen molar-refractivity contribution in [1.29, 1.82) is 0 Å². The Kier molecular flexibility index (Phi) is 20.8. The van der Waals surface area contributed by atoms with Crippen molar-refractivity contribution in [3.63, 3.8) is 0 Å². The van der Waals surface area contributed by atoms with Crippen molar-refractivity contribution in [3.05, 3.63) is 0 Å². The van der Waals surface area contributed by atoms with Crippen LogP contribution in [0, 0.1) is 11.8 Å². The SMILES string of the molecule is CCCCCCCCCCCCCCCCSCC(CCC(O)C(C)C)C(=O)OC(=O)[C@@H]1CCCN1. The van der Waals surface area contributed by atoms with Crippen LogP contribution < -0.4 is 5.32 Å². The number of ether oxygens (including phenoxy) is 1. The highest BCUT2D eigenvalue weighted by molar-refractivity contribution is 7.99. The molecule has 36 heavy (non-hydrogen) atoms. The molecule has 5 nitrogen and oxygen atoms in total. The Balaban J connectivity index is 2.12. The number of aliphatic hydroxyl groups excluding tert-OH is 1. The van der Waals surface area contributed by atoms with Gasteiger partial charge in [-0.2, -0.15) is 11.8 Å². The maximum atomic E-state index is 12.7. The van der Waals surface area contributed by atoms with E-state index in [-0.39, 0.29) is 17.9 Å². The smallest absolute Gasteiger partial charge is 0.330 e. The van der Waals surface area contributed by atoms with E-state index in [1.54, 1.807) is 11.8 Å². The first kappa shape index (κ1) is 33.4. The third-order valence-electron chi connectivity index (χ3n) is 7.42. The Morgan fingerprint density at radius 1 is 0.889 bits per heavy atom. The van der Waals surface area contributed by atoms with E-state index in [1.807, 2.05) is 13.8 Å². The minimum atomic E-state index is -0.441. The van der Waals surface area contributed by atoms with Crippen molar-refractivity contribution >= 4 is 23.7 Å². The number of aliphatic hydroxyl groups is 1. The summed E-state index contributed by atoms with van der Waals surface area (Å²) in [5.74, 6) is 0.664. The minimum absolute atomic E-state index is 0.161. The van der Waals surface area contributed by atoms with Crippen molar-refractivity contribution in [2.45, 2.75) is 148 Å².